The molecule has 2 aliphatic carbocycles. The molecule has 2 amide bonds. The summed E-state index contributed by atoms with van der Waals surface area (Å²) in [5.74, 6) is 0.515. The Bertz CT molecular complexity index is 893. The Hall–Kier alpha value is -2.15. The number of carbonyl (C=O) groups excluding carboxylic acids is 2. The molecule has 7 nitrogen and oxygen atoms in total. The van der Waals surface area contributed by atoms with E-state index in [1.54, 1.807) is 4.90 Å². The van der Waals surface area contributed by atoms with Crippen LogP contribution in [0, 0.1) is 11.3 Å². The highest BCUT2D eigenvalue weighted by Crippen LogP contribution is 2.41. The van der Waals surface area contributed by atoms with Gasteiger partial charge in [0.05, 0.1) is 24.3 Å². The average Bonchev–Trinajstić information content (AvgIpc) is 3.53. The molecule has 0 saturated carbocycles. The summed E-state index contributed by atoms with van der Waals surface area (Å²) in [6.07, 6.45) is 13.8. The quantitative estimate of drug-likeness (QED) is 0.227. The highest BCUT2D eigenvalue weighted by molar-refractivity contribution is 5.80. The first-order chi connectivity index (χ1) is 18.3. The van der Waals surface area contributed by atoms with E-state index in [0.29, 0.717) is 30.5 Å². The summed E-state index contributed by atoms with van der Waals surface area (Å²) in [7, 11) is 0. The zero-order chi connectivity index (χ0) is 28.3. The number of H-pyrrole nitrogens is 1. The van der Waals surface area contributed by atoms with Gasteiger partial charge in [0.25, 0.3) is 0 Å². The summed E-state index contributed by atoms with van der Waals surface area (Å²) >= 11 is 0. The Kier molecular flexibility index (Phi) is 13.0. The Morgan fingerprint density at radius 1 is 1.13 bits per heavy atom. The van der Waals surface area contributed by atoms with E-state index < -0.39 is 0 Å². The molecule has 1 fully saturated rings. The van der Waals surface area contributed by atoms with Gasteiger partial charge in [0, 0.05) is 24.8 Å². The van der Waals surface area contributed by atoms with E-state index in [4.69, 9.17) is 5.10 Å². The van der Waals surface area contributed by atoms with Crippen LogP contribution in [0.5, 0.6) is 0 Å². The minimum atomic E-state index is 0.0396. The number of hydrogen-bond acceptors (Lipinski definition) is 4. The third-order valence-electron chi connectivity index (χ3n) is 8.14. The molecule has 4 unspecified atom stereocenters. The molecular weight excluding hydrogens is 474 g/mol. The monoisotopic (exact) mass is 529 g/mol. The zero-order valence-electron chi connectivity index (χ0n) is 25.5. The lowest BCUT2D eigenvalue weighted by Crippen LogP contribution is -2.48. The second kappa shape index (κ2) is 15.4. The largest absolute Gasteiger partial charge is 0.336 e. The maximum absolute atomic E-state index is 13.1. The normalized spacial score (nSPS) is 24.6. The third-order valence-corrected chi connectivity index (χ3v) is 8.14. The second-order valence-electron chi connectivity index (χ2n) is 11.3. The highest BCUT2D eigenvalue weighted by atomic mass is 16.2. The van der Waals surface area contributed by atoms with Crippen LogP contribution in [0.15, 0.2) is 12.2 Å². The first-order valence-corrected chi connectivity index (χ1v) is 15.3. The van der Waals surface area contributed by atoms with E-state index in [2.05, 4.69) is 43.3 Å². The van der Waals surface area contributed by atoms with Crippen LogP contribution in [0.4, 0.5) is 0 Å². The van der Waals surface area contributed by atoms with Gasteiger partial charge in [0.15, 0.2) is 0 Å². The predicted molar refractivity (Wildman–Crippen MR) is 157 cm³/mol. The van der Waals surface area contributed by atoms with E-state index in [1.165, 1.54) is 23.4 Å². The van der Waals surface area contributed by atoms with Crippen LogP contribution in [0.1, 0.15) is 117 Å². The summed E-state index contributed by atoms with van der Waals surface area (Å²) in [6.45, 7) is 18.3. The lowest BCUT2D eigenvalue weighted by molar-refractivity contribution is -0.137. The lowest BCUT2D eigenvalue weighted by Gasteiger charge is -2.35. The summed E-state index contributed by atoms with van der Waals surface area (Å²) in [5, 5.41) is 12.0. The van der Waals surface area contributed by atoms with Crippen molar-refractivity contribution in [2.24, 2.45) is 11.3 Å². The fourth-order valence-electron chi connectivity index (χ4n) is 6.13. The average molecular weight is 530 g/mol. The van der Waals surface area contributed by atoms with Crippen molar-refractivity contribution in [1.29, 1.82) is 0 Å². The van der Waals surface area contributed by atoms with Crippen molar-refractivity contribution in [1.82, 2.24) is 25.3 Å². The van der Waals surface area contributed by atoms with Crippen LogP contribution in [0.25, 0.3) is 0 Å². The van der Waals surface area contributed by atoms with Crippen LogP contribution in [-0.2, 0) is 22.4 Å². The molecule has 1 aromatic rings. The van der Waals surface area contributed by atoms with Crippen molar-refractivity contribution < 1.29 is 9.59 Å². The molecule has 1 aromatic heterocycles. The van der Waals surface area contributed by atoms with E-state index in [9.17, 15) is 9.59 Å². The maximum atomic E-state index is 13.1. The van der Waals surface area contributed by atoms with Crippen LogP contribution in [0.3, 0.4) is 0 Å². The number of nitrogens with zero attached hydrogens (tertiary/aromatic N) is 3. The number of fused-ring (bicyclic) bond motifs is 2. The number of aromatic amines is 1. The number of aromatic nitrogens is 2. The van der Waals surface area contributed by atoms with Crippen LogP contribution in [-0.4, -0.2) is 64.0 Å². The molecule has 3 aliphatic rings. The zero-order valence-corrected chi connectivity index (χ0v) is 25.5. The standard InChI is InChI=1S/C27H43N5O2.2C2H6/c1-5-7-8-13-31(18-33)17-25(34)32(6-2)20-10-9-19-14-23(28-22(19)15-20)26-21-11-12-27(3,4)16-24(21)29-30-26;2*1-2/h9-10,18-20,22-23,28H,5-8,11-17H2,1-4H3,(H,29,30);2*1-2H3. The van der Waals surface area contributed by atoms with Gasteiger partial charge in [-0.1, -0.05) is 73.5 Å². The van der Waals surface area contributed by atoms with Gasteiger partial charge >= 0.3 is 0 Å². The molecule has 0 aromatic carbocycles. The molecule has 0 spiro atoms. The number of carbonyl (C=O) groups is 2. The molecule has 38 heavy (non-hydrogen) atoms. The van der Waals surface area contributed by atoms with E-state index in [-0.39, 0.29) is 24.5 Å². The van der Waals surface area contributed by atoms with Gasteiger partial charge < -0.3 is 15.1 Å². The second-order valence-corrected chi connectivity index (χ2v) is 11.3. The number of rotatable bonds is 10. The topological polar surface area (TPSA) is 81.3 Å². The first-order valence-electron chi connectivity index (χ1n) is 15.3. The number of unbranched alkanes of at least 4 members (excludes halogenated alkanes) is 2. The summed E-state index contributed by atoms with van der Waals surface area (Å²) in [6, 6.07) is 0.693. The minimum Gasteiger partial charge on any atom is -0.336 e. The molecule has 2 heterocycles. The number of nitrogens with one attached hydrogen (secondary N) is 2. The molecule has 4 rings (SSSR count). The first kappa shape index (κ1) is 32.1. The summed E-state index contributed by atoms with van der Waals surface area (Å²) < 4.78 is 0. The number of likely N-dealkylation sites (N-methyl/N-ethyl adjacent to an activating group) is 1. The molecule has 216 valence electrons. The fourth-order valence-corrected chi connectivity index (χ4v) is 6.13. The van der Waals surface area contributed by atoms with Gasteiger partial charge in [-0.05, 0) is 62.3 Å². The van der Waals surface area contributed by atoms with Crippen molar-refractivity contribution in [3.63, 3.8) is 0 Å². The maximum Gasteiger partial charge on any atom is 0.242 e. The molecular formula is C31H55N5O2. The molecule has 0 radical (unpaired) electrons. The molecule has 1 saturated heterocycles. The Labute approximate surface area is 232 Å². The van der Waals surface area contributed by atoms with Crippen LogP contribution in [0.2, 0.25) is 0 Å². The Morgan fingerprint density at radius 2 is 1.87 bits per heavy atom. The summed E-state index contributed by atoms with van der Waals surface area (Å²) in [5.41, 5.74) is 4.30. The molecule has 0 bridgehead atoms. The van der Waals surface area contributed by atoms with Gasteiger partial charge in [0.1, 0.15) is 0 Å². The minimum absolute atomic E-state index is 0.0396. The van der Waals surface area contributed by atoms with Gasteiger partial charge in [0.2, 0.25) is 12.3 Å². The summed E-state index contributed by atoms with van der Waals surface area (Å²) in [4.78, 5) is 28.1. The van der Waals surface area contributed by atoms with Gasteiger partial charge in [-0.15, -0.1) is 0 Å². The van der Waals surface area contributed by atoms with Crippen LogP contribution >= 0.6 is 0 Å². The Balaban J connectivity index is 0.00000121. The predicted octanol–water partition coefficient (Wildman–Crippen LogP) is 5.82. The van der Waals surface area contributed by atoms with Crippen molar-refractivity contribution in [2.45, 2.75) is 125 Å². The van der Waals surface area contributed by atoms with Crippen LogP contribution < -0.4 is 5.32 Å². The smallest absolute Gasteiger partial charge is 0.242 e. The molecule has 2 N–H and O–H groups in total. The lowest BCUT2D eigenvalue weighted by atomic mass is 9.76. The van der Waals surface area contributed by atoms with E-state index in [1.807, 2.05) is 39.5 Å². The molecule has 1 aliphatic heterocycles. The van der Waals surface area contributed by atoms with Crippen molar-refractivity contribution in [2.75, 3.05) is 19.6 Å². The highest BCUT2D eigenvalue weighted by Gasteiger charge is 2.41. The van der Waals surface area contributed by atoms with Gasteiger partial charge in [-0.25, -0.2) is 0 Å². The third kappa shape index (κ3) is 7.93. The van der Waals surface area contributed by atoms with E-state index >= 15 is 0 Å². The number of amides is 2. The number of hydrogen-bond donors (Lipinski definition) is 2. The molecule has 7 heteroatoms. The Morgan fingerprint density at radius 3 is 2.53 bits per heavy atom. The van der Waals surface area contributed by atoms with Gasteiger partial charge in [-0.2, -0.15) is 5.10 Å². The fraction of sp³-hybridized carbons (Fsp3) is 0.774. The van der Waals surface area contributed by atoms with Gasteiger partial charge in [-0.3, -0.25) is 14.7 Å². The van der Waals surface area contributed by atoms with Crippen molar-refractivity contribution in [3.8, 4) is 0 Å². The van der Waals surface area contributed by atoms with Crippen molar-refractivity contribution in [3.05, 3.63) is 29.1 Å². The van der Waals surface area contributed by atoms with E-state index in [0.717, 1.165) is 51.4 Å². The van der Waals surface area contributed by atoms with Crippen molar-refractivity contribution >= 4 is 12.3 Å². The molecule has 4 atom stereocenters. The SMILES string of the molecule is CC.CC.CCCCCN(C=O)CC(=O)N(CC)C1C=CC2CC(c3n[nH]c4c3CCC(C)(C)C4)NC2C1.